The van der Waals surface area contributed by atoms with Crippen LogP contribution in [0.2, 0.25) is 0 Å². The predicted molar refractivity (Wildman–Crippen MR) is 113 cm³/mol. The summed E-state index contributed by atoms with van der Waals surface area (Å²) in [4.78, 5) is 19.3. The van der Waals surface area contributed by atoms with Gasteiger partial charge in [-0.1, -0.05) is 18.2 Å². The SMILES string of the molecule is COCCC(=O)N(CCN(C)C)CC1CCCN(Cc2ccccc2OC)C1. The molecule has 1 aliphatic rings. The lowest BCUT2D eigenvalue weighted by molar-refractivity contribution is -0.133. The van der Waals surface area contributed by atoms with Crippen molar-refractivity contribution in [2.75, 3.05) is 67.6 Å². The molecule has 1 heterocycles. The Kier molecular flexibility index (Phi) is 9.75. The van der Waals surface area contributed by atoms with E-state index in [9.17, 15) is 4.79 Å². The standard InChI is InChI=1S/C22H37N3O3/c1-23(2)13-14-25(22(26)11-15-27-3)17-19-8-7-12-24(16-19)18-20-9-5-6-10-21(20)28-4/h5-6,9-10,19H,7-8,11-18H2,1-4H3. The number of ether oxygens (including phenoxy) is 2. The average Bonchev–Trinajstić information content (AvgIpc) is 2.69. The van der Waals surface area contributed by atoms with E-state index in [1.54, 1.807) is 14.2 Å². The second kappa shape index (κ2) is 12.0. The van der Waals surface area contributed by atoms with Crippen LogP contribution in [-0.4, -0.2) is 88.3 Å². The summed E-state index contributed by atoms with van der Waals surface area (Å²) >= 11 is 0. The third-order valence-electron chi connectivity index (χ3n) is 5.36. The summed E-state index contributed by atoms with van der Waals surface area (Å²) in [7, 11) is 7.47. The zero-order chi connectivity index (χ0) is 20.4. The second-order valence-corrected chi connectivity index (χ2v) is 7.94. The molecule has 28 heavy (non-hydrogen) atoms. The predicted octanol–water partition coefficient (Wildman–Crippen LogP) is 2.33. The van der Waals surface area contributed by atoms with Crippen molar-refractivity contribution in [3.63, 3.8) is 0 Å². The van der Waals surface area contributed by atoms with Crippen LogP contribution in [0.5, 0.6) is 5.75 Å². The highest BCUT2D eigenvalue weighted by molar-refractivity contribution is 5.76. The first-order valence-corrected chi connectivity index (χ1v) is 10.3. The third kappa shape index (κ3) is 7.41. The number of methoxy groups -OCH3 is 2. The van der Waals surface area contributed by atoms with Crippen LogP contribution >= 0.6 is 0 Å². The van der Waals surface area contributed by atoms with Gasteiger partial charge in [0.2, 0.25) is 5.91 Å². The Bertz CT molecular complexity index is 594. The van der Waals surface area contributed by atoms with Gasteiger partial charge in [-0.25, -0.2) is 0 Å². The summed E-state index contributed by atoms with van der Waals surface area (Å²) in [5.74, 6) is 1.66. The Morgan fingerprint density at radius 2 is 2.00 bits per heavy atom. The molecule has 0 aromatic heterocycles. The fourth-order valence-electron chi connectivity index (χ4n) is 3.82. The Hall–Kier alpha value is -1.63. The Morgan fingerprint density at radius 3 is 2.71 bits per heavy atom. The Morgan fingerprint density at radius 1 is 1.21 bits per heavy atom. The summed E-state index contributed by atoms with van der Waals surface area (Å²) in [6, 6.07) is 8.24. The molecule has 0 radical (unpaired) electrons. The zero-order valence-electron chi connectivity index (χ0n) is 18.0. The first-order chi connectivity index (χ1) is 13.5. The number of hydrogen-bond donors (Lipinski definition) is 0. The summed E-state index contributed by atoms with van der Waals surface area (Å²) in [5.41, 5.74) is 1.23. The molecule has 1 aromatic carbocycles. The maximum absolute atomic E-state index is 12.6. The van der Waals surface area contributed by atoms with Crippen LogP contribution < -0.4 is 4.74 Å². The number of benzene rings is 1. The molecule has 1 unspecified atom stereocenters. The average molecular weight is 392 g/mol. The molecule has 1 aliphatic heterocycles. The molecule has 6 nitrogen and oxygen atoms in total. The van der Waals surface area contributed by atoms with E-state index < -0.39 is 0 Å². The van der Waals surface area contributed by atoms with Crippen LogP contribution in [0.3, 0.4) is 0 Å². The largest absolute Gasteiger partial charge is 0.496 e. The van der Waals surface area contributed by atoms with Gasteiger partial charge in [0.1, 0.15) is 5.75 Å². The van der Waals surface area contributed by atoms with Gasteiger partial charge in [0, 0.05) is 45.4 Å². The second-order valence-electron chi connectivity index (χ2n) is 7.94. The maximum Gasteiger partial charge on any atom is 0.224 e. The number of likely N-dealkylation sites (tertiary alicyclic amines) is 1. The van der Waals surface area contributed by atoms with Gasteiger partial charge < -0.3 is 19.3 Å². The van der Waals surface area contributed by atoms with Crippen LogP contribution in [0, 0.1) is 5.92 Å². The van der Waals surface area contributed by atoms with E-state index in [-0.39, 0.29) is 5.91 Å². The minimum Gasteiger partial charge on any atom is -0.496 e. The highest BCUT2D eigenvalue weighted by Gasteiger charge is 2.24. The normalized spacial score (nSPS) is 17.7. The quantitative estimate of drug-likeness (QED) is 0.579. The number of piperidine rings is 1. The number of carbonyl (C=O) groups excluding carboxylic acids is 1. The molecule has 0 bridgehead atoms. The van der Waals surface area contributed by atoms with Crippen LogP contribution in [0.4, 0.5) is 0 Å². The first kappa shape index (κ1) is 22.7. The summed E-state index contributed by atoms with van der Waals surface area (Å²) in [5, 5.41) is 0. The lowest BCUT2D eigenvalue weighted by Gasteiger charge is -2.36. The van der Waals surface area contributed by atoms with Crippen LogP contribution in [0.15, 0.2) is 24.3 Å². The van der Waals surface area contributed by atoms with E-state index >= 15 is 0 Å². The van der Waals surface area contributed by atoms with Crippen molar-refractivity contribution in [2.45, 2.75) is 25.8 Å². The van der Waals surface area contributed by atoms with Crippen molar-refractivity contribution in [1.29, 1.82) is 0 Å². The first-order valence-electron chi connectivity index (χ1n) is 10.3. The fourth-order valence-corrected chi connectivity index (χ4v) is 3.82. The topological polar surface area (TPSA) is 45.2 Å². The molecule has 1 atom stereocenters. The van der Waals surface area contributed by atoms with Gasteiger partial charge in [-0.3, -0.25) is 9.69 Å². The number of para-hydroxylation sites is 1. The van der Waals surface area contributed by atoms with E-state index in [2.05, 4.69) is 21.9 Å². The number of nitrogens with zero attached hydrogens (tertiary/aromatic N) is 3. The molecule has 0 spiro atoms. The Labute approximate surface area is 170 Å². The van der Waals surface area contributed by atoms with Gasteiger partial charge in [-0.05, 0) is 45.5 Å². The van der Waals surface area contributed by atoms with Gasteiger partial charge in [0.15, 0.2) is 0 Å². The van der Waals surface area contributed by atoms with Crippen molar-refractivity contribution in [3.8, 4) is 5.75 Å². The van der Waals surface area contributed by atoms with E-state index in [0.29, 0.717) is 18.9 Å². The van der Waals surface area contributed by atoms with Crippen LogP contribution in [0.25, 0.3) is 0 Å². The third-order valence-corrected chi connectivity index (χ3v) is 5.36. The molecule has 0 N–H and O–H groups in total. The van der Waals surface area contributed by atoms with E-state index in [4.69, 9.17) is 9.47 Å². The van der Waals surface area contributed by atoms with Gasteiger partial charge in [-0.15, -0.1) is 0 Å². The monoisotopic (exact) mass is 391 g/mol. The highest BCUT2D eigenvalue weighted by atomic mass is 16.5. The van der Waals surface area contributed by atoms with Gasteiger partial charge in [0.25, 0.3) is 0 Å². The molecule has 2 rings (SSSR count). The molecular formula is C22H37N3O3. The molecule has 1 aromatic rings. The zero-order valence-corrected chi connectivity index (χ0v) is 18.0. The molecule has 1 fully saturated rings. The van der Waals surface area contributed by atoms with Crippen molar-refractivity contribution in [1.82, 2.24) is 14.7 Å². The number of rotatable bonds is 11. The number of hydrogen-bond acceptors (Lipinski definition) is 5. The smallest absolute Gasteiger partial charge is 0.224 e. The van der Waals surface area contributed by atoms with Gasteiger partial charge >= 0.3 is 0 Å². The molecule has 158 valence electrons. The molecule has 1 amide bonds. The van der Waals surface area contributed by atoms with Gasteiger partial charge in [-0.2, -0.15) is 0 Å². The van der Waals surface area contributed by atoms with E-state index in [1.807, 2.05) is 31.1 Å². The number of likely N-dealkylation sites (N-methyl/N-ethyl adjacent to an activating group) is 1. The van der Waals surface area contributed by atoms with Crippen molar-refractivity contribution in [3.05, 3.63) is 29.8 Å². The van der Waals surface area contributed by atoms with E-state index in [0.717, 1.165) is 45.0 Å². The van der Waals surface area contributed by atoms with Crippen molar-refractivity contribution in [2.24, 2.45) is 5.92 Å². The molecule has 0 aliphatic carbocycles. The summed E-state index contributed by atoms with van der Waals surface area (Å²) in [6.07, 6.45) is 2.81. The van der Waals surface area contributed by atoms with Crippen LogP contribution in [0.1, 0.15) is 24.8 Å². The van der Waals surface area contributed by atoms with E-state index in [1.165, 1.54) is 18.4 Å². The lowest BCUT2D eigenvalue weighted by atomic mass is 9.96. The number of amides is 1. The van der Waals surface area contributed by atoms with Crippen LogP contribution in [-0.2, 0) is 16.1 Å². The van der Waals surface area contributed by atoms with Crippen molar-refractivity contribution >= 4 is 5.91 Å². The van der Waals surface area contributed by atoms with Gasteiger partial charge in [0.05, 0.1) is 20.1 Å². The fraction of sp³-hybridized carbons (Fsp3) is 0.682. The Balaban J connectivity index is 1.95. The minimum atomic E-state index is 0.200. The molecule has 6 heteroatoms. The summed E-state index contributed by atoms with van der Waals surface area (Å²) in [6.45, 7) is 6.00. The molecular weight excluding hydrogens is 354 g/mol. The molecule has 0 saturated carbocycles. The highest BCUT2D eigenvalue weighted by Crippen LogP contribution is 2.24. The summed E-state index contributed by atoms with van der Waals surface area (Å²) < 4.78 is 10.6. The molecule has 1 saturated heterocycles. The minimum absolute atomic E-state index is 0.200. The van der Waals surface area contributed by atoms with Crippen molar-refractivity contribution < 1.29 is 14.3 Å². The maximum atomic E-state index is 12.6. The number of carbonyl (C=O) groups is 1. The lowest BCUT2D eigenvalue weighted by Crippen LogP contribution is -2.44.